The van der Waals surface area contributed by atoms with Crippen molar-refractivity contribution in [1.29, 1.82) is 0 Å². The van der Waals surface area contributed by atoms with Crippen molar-refractivity contribution >= 4 is 46.4 Å². The number of benzene rings is 2. The summed E-state index contributed by atoms with van der Waals surface area (Å²) in [5, 5.41) is 2.56. The first-order valence-corrected chi connectivity index (χ1v) is 6.72. The predicted octanol–water partition coefficient (Wildman–Crippen LogP) is 4.91. The van der Waals surface area contributed by atoms with E-state index in [9.17, 15) is 4.79 Å². The van der Waals surface area contributed by atoms with Crippen molar-refractivity contribution < 1.29 is 4.79 Å². The van der Waals surface area contributed by atoms with Crippen LogP contribution in [0.5, 0.6) is 0 Å². The molecule has 0 heterocycles. The highest BCUT2D eigenvalue weighted by Crippen LogP contribution is 2.31. The van der Waals surface area contributed by atoms with Crippen LogP contribution in [-0.4, -0.2) is 5.91 Å². The topological polar surface area (TPSA) is 29.1 Å². The van der Waals surface area contributed by atoms with Crippen LogP contribution in [0.25, 0.3) is 0 Å². The number of carbonyl (C=O) groups excluding carboxylic acids is 1. The van der Waals surface area contributed by atoms with Crippen LogP contribution in [0.1, 0.15) is 10.9 Å². The van der Waals surface area contributed by atoms with Crippen molar-refractivity contribution in [2.24, 2.45) is 0 Å². The summed E-state index contributed by atoms with van der Waals surface area (Å²) in [7, 11) is 0. The van der Waals surface area contributed by atoms with Gasteiger partial charge in [0.15, 0.2) is 0 Å². The Morgan fingerprint density at radius 2 is 1.68 bits per heavy atom. The first-order chi connectivity index (χ1) is 9.09. The minimum Gasteiger partial charge on any atom is -0.323 e. The summed E-state index contributed by atoms with van der Waals surface area (Å²) in [5.41, 5.74) is 1.17. The van der Waals surface area contributed by atoms with E-state index in [1.807, 2.05) is 18.2 Å². The molecule has 0 spiro atoms. The lowest BCUT2D eigenvalue weighted by molar-refractivity contribution is -0.116. The lowest BCUT2D eigenvalue weighted by atomic mass is 10.1. The van der Waals surface area contributed by atoms with E-state index in [2.05, 4.69) is 5.32 Å². The van der Waals surface area contributed by atoms with Gasteiger partial charge in [0.25, 0.3) is 0 Å². The average Bonchev–Trinajstić information content (AvgIpc) is 2.44. The van der Waals surface area contributed by atoms with Gasteiger partial charge < -0.3 is 5.32 Å². The lowest BCUT2D eigenvalue weighted by Gasteiger charge is -2.12. The molecule has 0 bridgehead atoms. The number of alkyl halides is 1. The molecule has 1 amide bonds. The van der Waals surface area contributed by atoms with Crippen molar-refractivity contribution in [2.75, 3.05) is 5.32 Å². The third-order valence-electron chi connectivity index (χ3n) is 2.53. The molecule has 0 aliphatic heterocycles. The van der Waals surface area contributed by atoms with Crippen molar-refractivity contribution in [3.63, 3.8) is 0 Å². The highest BCUT2D eigenvalue weighted by Gasteiger charge is 2.18. The van der Waals surface area contributed by atoms with Gasteiger partial charge in [0, 0.05) is 0 Å². The van der Waals surface area contributed by atoms with E-state index in [0.29, 0.717) is 15.7 Å². The summed E-state index contributed by atoms with van der Waals surface area (Å²) in [6.45, 7) is 0. The van der Waals surface area contributed by atoms with E-state index >= 15 is 0 Å². The van der Waals surface area contributed by atoms with Crippen molar-refractivity contribution in [1.82, 2.24) is 0 Å². The Balaban J connectivity index is 2.15. The lowest BCUT2D eigenvalue weighted by Crippen LogP contribution is -2.17. The number of anilines is 1. The van der Waals surface area contributed by atoms with Crippen LogP contribution in [0.3, 0.4) is 0 Å². The SMILES string of the molecule is O=C(Nc1cccc(Cl)c1Cl)C(Cl)c1ccccc1. The molecule has 5 heteroatoms. The maximum atomic E-state index is 12.0. The van der Waals surface area contributed by atoms with Crippen LogP contribution in [0, 0.1) is 0 Å². The molecule has 2 rings (SSSR count). The van der Waals surface area contributed by atoms with E-state index < -0.39 is 5.38 Å². The third-order valence-corrected chi connectivity index (χ3v) is 3.80. The second kappa shape index (κ2) is 6.29. The highest BCUT2D eigenvalue weighted by atomic mass is 35.5. The number of halogens is 3. The Morgan fingerprint density at radius 1 is 1.00 bits per heavy atom. The van der Waals surface area contributed by atoms with Crippen LogP contribution in [0.4, 0.5) is 5.69 Å². The summed E-state index contributed by atoms with van der Waals surface area (Å²) >= 11 is 18.0. The summed E-state index contributed by atoms with van der Waals surface area (Å²) in [4.78, 5) is 12.0. The van der Waals surface area contributed by atoms with Gasteiger partial charge in [0.05, 0.1) is 15.7 Å². The van der Waals surface area contributed by atoms with Crippen LogP contribution < -0.4 is 5.32 Å². The van der Waals surface area contributed by atoms with Gasteiger partial charge in [-0.05, 0) is 17.7 Å². The second-order valence-electron chi connectivity index (χ2n) is 3.86. The van der Waals surface area contributed by atoms with E-state index in [4.69, 9.17) is 34.8 Å². The number of nitrogens with one attached hydrogen (secondary N) is 1. The molecule has 2 aromatic rings. The molecule has 2 aromatic carbocycles. The number of rotatable bonds is 3. The first kappa shape index (κ1) is 14.2. The van der Waals surface area contributed by atoms with Gasteiger partial charge in [-0.25, -0.2) is 0 Å². The molecular formula is C14H10Cl3NO. The number of hydrogen-bond donors (Lipinski definition) is 1. The smallest absolute Gasteiger partial charge is 0.247 e. The molecular weight excluding hydrogens is 305 g/mol. The van der Waals surface area contributed by atoms with Gasteiger partial charge in [-0.15, -0.1) is 11.6 Å². The predicted molar refractivity (Wildman–Crippen MR) is 80.1 cm³/mol. The van der Waals surface area contributed by atoms with Gasteiger partial charge >= 0.3 is 0 Å². The molecule has 98 valence electrons. The Kier molecular flexibility index (Phi) is 4.70. The van der Waals surface area contributed by atoms with Gasteiger partial charge in [-0.1, -0.05) is 59.6 Å². The molecule has 19 heavy (non-hydrogen) atoms. The molecule has 0 radical (unpaired) electrons. The molecule has 1 unspecified atom stereocenters. The summed E-state index contributed by atoms with van der Waals surface area (Å²) in [6.07, 6.45) is 0. The average molecular weight is 315 g/mol. The molecule has 0 saturated carbocycles. The fourth-order valence-electron chi connectivity index (χ4n) is 1.57. The Labute approximate surface area is 126 Å². The van der Waals surface area contributed by atoms with Crippen LogP contribution in [-0.2, 0) is 4.79 Å². The Hall–Kier alpha value is -1.22. The third kappa shape index (κ3) is 3.41. The van der Waals surface area contributed by atoms with Gasteiger partial charge in [0.1, 0.15) is 5.38 Å². The fourth-order valence-corrected chi connectivity index (χ4v) is 2.12. The van der Waals surface area contributed by atoms with E-state index in [1.54, 1.807) is 30.3 Å². The minimum atomic E-state index is -0.781. The monoisotopic (exact) mass is 313 g/mol. The van der Waals surface area contributed by atoms with E-state index in [-0.39, 0.29) is 5.91 Å². The van der Waals surface area contributed by atoms with Gasteiger partial charge in [-0.3, -0.25) is 4.79 Å². The number of hydrogen-bond acceptors (Lipinski definition) is 1. The minimum absolute atomic E-state index is 0.300. The molecule has 0 aromatic heterocycles. The van der Waals surface area contributed by atoms with E-state index in [1.165, 1.54) is 0 Å². The fraction of sp³-hybridized carbons (Fsp3) is 0.0714. The molecule has 1 atom stereocenters. The largest absolute Gasteiger partial charge is 0.323 e. The molecule has 0 fully saturated rings. The Morgan fingerprint density at radius 3 is 2.37 bits per heavy atom. The summed E-state index contributed by atoms with van der Waals surface area (Å²) in [5.74, 6) is -0.350. The van der Waals surface area contributed by atoms with Crippen LogP contribution >= 0.6 is 34.8 Å². The van der Waals surface area contributed by atoms with Crippen molar-refractivity contribution in [3.8, 4) is 0 Å². The summed E-state index contributed by atoms with van der Waals surface area (Å²) < 4.78 is 0. The van der Waals surface area contributed by atoms with E-state index in [0.717, 1.165) is 5.56 Å². The zero-order valence-electron chi connectivity index (χ0n) is 9.74. The van der Waals surface area contributed by atoms with Crippen LogP contribution in [0.15, 0.2) is 48.5 Å². The molecule has 1 N–H and O–H groups in total. The Bertz CT molecular complexity index is 586. The normalized spacial score (nSPS) is 11.9. The second-order valence-corrected chi connectivity index (χ2v) is 5.09. The van der Waals surface area contributed by atoms with Crippen LogP contribution in [0.2, 0.25) is 10.0 Å². The highest BCUT2D eigenvalue weighted by molar-refractivity contribution is 6.44. The number of carbonyl (C=O) groups is 1. The first-order valence-electron chi connectivity index (χ1n) is 5.53. The standard InChI is InChI=1S/C14H10Cl3NO/c15-10-7-4-8-11(13(10)17)18-14(19)12(16)9-5-2-1-3-6-9/h1-8,12H,(H,18,19). The zero-order chi connectivity index (χ0) is 13.8. The molecule has 0 saturated heterocycles. The molecule has 2 nitrogen and oxygen atoms in total. The maximum absolute atomic E-state index is 12.0. The zero-order valence-corrected chi connectivity index (χ0v) is 12.0. The van der Waals surface area contributed by atoms with Crippen molar-refractivity contribution in [3.05, 3.63) is 64.1 Å². The van der Waals surface area contributed by atoms with Gasteiger partial charge in [-0.2, -0.15) is 0 Å². The summed E-state index contributed by atoms with van der Waals surface area (Å²) in [6, 6.07) is 14.1. The van der Waals surface area contributed by atoms with Gasteiger partial charge in [0.2, 0.25) is 5.91 Å². The maximum Gasteiger partial charge on any atom is 0.247 e. The number of amides is 1. The molecule has 0 aliphatic rings. The quantitative estimate of drug-likeness (QED) is 0.801. The molecule has 0 aliphatic carbocycles. The van der Waals surface area contributed by atoms with Crippen molar-refractivity contribution in [2.45, 2.75) is 5.38 Å².